The van der Waals surface area contributed by atoms with Gasteiger partial charge in [0.05, 0.1) is 28.4 Å². The van der Waals surface area contributed by atoms with Crippen LogP contribution in [0.5, 0.6) is 23.0 Å². The van der Waals surface area contributed by atoms with Crippen LogP contribution in [-0.2, 0) is 13.8 Å². The third-order valence-corrected chi connectivity index (χ3v) is 10.9. The van der Waals surface area contributed by atoms with Gasteiger partial charge in [0, 0.05) is 71.8 Å². The van der Waals surface area contributed by atoms with Crippen LogP contribution in [0.25, 0.3) is 22.3 Å². The lowest BCUT2D eigenvalue weighted by molar-refractivity contribution is -0.132. The number of benzene rings is 4. The van der Waals surface area contributed by atoms with E-state index in [0.29, 0.717) is 86.0 Å². The van der Waals surface area contributed by atoms with E-state index in [1.165, 1.54) is 10.1 Å². The summed E-state index contributed by atoms with van der Waals surface area (Å²) in [5.74, 6) is 2.00. The molecular formula is C40H46ClN4O9P. The van der Waals surface area contributed by atoms with Gasteiger partial charge in [0.2, 0.25) is 0 Å². The summed E-state index contributed by atoms with van der Waals surface area (Å²) < 4.78 is 46.4. The quantitative estimate of drug-likeness (QED) is 0.124. The minimum Gasteiger partial charge on any atom is -0.493 e. The third kappa shape index (κ3) is 9.98. The number of rotatable bonds is 14. The van der Waals surface area contributed by atoms with Crippen LogP contribution in [0.4, 0.5) is 0 Å². The van der Waals surface area contributed by atoms with Crippen LogP contribution in [0, 0.1) is 0 Å². The summed E-state index contributed by atoms with van der Waals surface area (Å²) in [6.45, 7) is -2.42. The monoisotopic (exact) mass is 792 g/mol. The highest BCUT2D eigenvalue weighted by Gasteiger charge is 2.34. The van der Waals surface area contributed by atoms with E-state index in [1.54, 1.807) is 40.6 Å². The lowest BCUT2D eigenvalue weighted by Crippen LogP contribution is -2.45. The van der Waals surface area contributed by atoms with Gasteiger partial charge in [-0.3, -0.25) is 9.59 Å². The van der Waals surface area contributed by atoms with Gasteiger partial charge in [0.15, 0.2) is 23.0 Å². The number of ether oxygens (including phenoxy) is 4. The third-order valence-electron chi connectivity index (χ3n) is 9.68. The van der Waals surface area contributed by atoms with Crippen LogP contribution in [0.1, 0.15) is 46.4 Å². The summed E-state index contributed by atoms with van der Waals surface area (Å²) in [5.41, 5.74) is 4.32. The molecule has 6 rings (SSSR count). The zero-order valence-corrected chi connectivity index (χ0v) is 32.9. The van der Waals surface area contributed by atoms with Crippen LogP contribution >= 0.6 is 18.2 Å². The Bertz CT molecular complexity index is 1880. The average molecular weight is 793 g/mol. The lowest BCUT2D eigenvalue weighted by Gasteiger charge is -2.35. The molecule has 0 spiro atoms. The fraction of sp³-hybridized carbons (Fsp3) is 0.350. The van der Waals surface area contributed by atoms with Gasteiger partial charge in [-0.15, -0.1) is 0 Å². The Hall–Kier alpha value is -4.62. The molecule has 2 N–H and O–H groups in total. The molecule has 0 saturated carbocycles. The second-order valence-electron chi connectivity index (χ2n) is 13.2. The number of carbonyl (C=O) groups excluding carboxylic acids is 2. The number of para-hydroxylation sites is 2. The van der Waals surface area contributed by atoms with Crippen molar-refractivity contribution in [2.75, 3.05) is 54.6 Å². The van der Waals surface area contributed by atoms with Crippen molar-refractivity contribution in [2.24, 2.45) is 0 Å². The first kappa shape index (κ1) is 40.1. The summed E-state index contributed by atoms with van der Waals surface area (Å²) in [7, 11) is 6.33. The summed E-state index contributed by atoms with van der Waals surface area (Å²) >= 11 is 6.27. The number of amides is 2. The first-order chi connectivity index (χ1) is 26.6. The second kappa shape index (κ2) is 18.3. The Morgan fingerprint density at radius 3 is 1.35 bits per heavy atom. The van der Waals surface area contributed by atoms with Crippen molar-refractivity contribution in [3.63, 3.8) is 0 Å². The van der Waals surface area contributed by atoms with E-state index in [0.717, 1.165) is 22.3 Å². The molecule has 0 aromatic heterocycles. The van der Waals surface area contributed by atoms with E-state index in [9.17, 15) is 14.2 Å². The summed E-state index contributed by atoms with van der Waals surface area (Å²) in [6.07, 6.45) is 2.25. The van der Waals surface area contributed by atoms with Crippen molar-refractivity contribution in [1.82, 2.24) is 20.8 Å². The Kier molecular flexibility index (Phi) is 13.4. The predicted octanol–water partition coefficient (Wildman–Crippen LogP) is 7.35. The molecule has 2 heterocycles. The molecule has 0 radical (unpaired) electrons. The van der Waals surface area contributed by atoms with E-state index in [2.05, 4.69) is 10.6 Å². The topological polar surface area (TPSA) is 137 Å². The zero-order chi connectivity index (χ0) is 39.0. The van der Waals surface area contributed by atoms with Crippen molar-refractivity contribution in [3.8, 4) is 45.3 Å². The lowest BCUT2D eigenvalue weighted by atomic mass is 10.0. The SMILES string of the molecule is COc1cccc(-c2cccc(C(=O)NC3CCN(OP(=O)(Cl)ON4CCC(NC(=O)c5cccc(-c6cccc(OC)c6OC)c5)CC4)CC3)c2)c1OC. The van der Waals surface area contributed by atoms with Crippen LogP contribution in [0.3, 0.4) is 0 Å². The molecule has 2 aliphatic heterocycles. The fourth-order valence-electron chi connectivity index (χ4n) is 6.88. The smallest absolute Gasteiger partial charge is 0.457 e. The number of hydrogen-bond acceptors (Lipinski definition) is 11. The minimum atomic E-state index is -4.00. The van der Waals surface area contributed by atoms with Gasteiger partial charge >= 0.3 is 6.95 Å². The normalized spacial score (nSPS) is 15.9. The van der Waals surface area contributed by atoms with Gasteiger partial charge in [-0.05, 0) is 73.2 Å². The molecule has 2 aliphatic rings. The molecule has 0 bridgehead atoms. The van der Waals surface area contributed by atoms with Gasteiger partial charge in [0.1, 0.15) is 0 Å². The molecular weight excluding hydrogens is 747 g/mol. The molecule has 13 nitrogen and oxygen atoms in total. The number of hydroxylamine groups is 4. The first-order valence-corrected chi connectivity index (χ1v) is 20.5. The van der Waals surface area contributed by atoms with E-state index < -0.39 is 6.95 Å². The number of carbonyl (C=O) groups is 2. The van der Waals surface area contributed by atoms with Gasteiger partial charge in [0.25, 0.3) is 11.8 Å². The molecule has 2 saturated heterocycles. The van der Waals surface area contributed by atoms with Gasteiger partial charge in [-0.25, -0.2) is 13.8 Å². The van der Waals surface area contributed by atoms with Crippen molar-refractivity contribution >= 4 is 30.0 Å². The van der Waals surface area contributed by atoms with E-state index in [-0.39, 0.29) is 23.9 Å². The predicted molar refractivity (Wildman–Crippen MR) is 210 cm³/mol. The van der Waals surface area contributed by atoms with Crippen molar-refractivity contribution < 1.29 is 42.4 Å². The fourth-order valence-corrected chi connectivity index (χ4v) is 8.31. The largest absolute Gasteiger partial charge is 0.493 e. The molecule has 4 aromatic carbocycles. The molecule has 0 aliphatic carbocycles. The van der Waals surface area contributed by atoms with Crippen LogP contribution in [0.2, 0.25) is 0 Å². The van der Waals surface area contributed by atoms with Gasteiger partial charge < -0.3 is 29.6 Å². The number of nitrogens with one attached hydrogen (secondary N) is 2. The summed E-state index contributed by atoms with van der Waals surface area (Å²) in [4.78, 5) is 26.5. The van der Waals surface area contributed by atoms with Gasteiger partial charge in [-0.1, -0.05) is 48.5 Å². The Morgan fingerprint density at radius 1 is 0.600 bits per heavy atom. The maximum absolute atomic E-state index is 13.2. The number of methoxy groups -OCH3 is 4. The maximum Gasteiger partial charge on any atom is 0.457 e. The maximum atomic E-state index is 13.2. The molecule has 15 heteroatoms. The molecule has 2 fully saturated rings. The standard InChI is InChI=1S/C40H46ClN4O9P/c1-49-35-15-7-13-33(37(35)51-3)27-9-5-11-29(25-27)39(46)42-31-17-21-44(22-18-31)53-55(41,48)54-45-23-19-32(20-24-45)43-40(47)30-12-6-10-28(26-30)34-14-8-16-36(50-2)38(34)52-4/h5-16,25-26,31-32H,17-24H2,1-4H3,(H,42,46)(H,43,47). The number of nitrogens with zero attached hydrogens (tertiary/aromatic N) is 2. The van der Waals surface area contributed by atoms with Crippen LogP contribution in [0.15, 0.2) is 84.9 Å². The molecule has 4 aromatic rings. The van der Waals surface area contributed by atoms with Gasteiger partial charge in [-0.2, -0.15) is 10.1 Å². The van der Waals surface area contributed by atoms with E-state index >= 15 is 0 Å². The minimum absolute atomic E-state index is 0.112. The molecule has 2 amide bonds. The highest BCUT2D eigenvalue weighted by atomic mass is 35.7. The molecule has 0 atom stereocenters. The highest BCUT2D eigenvalue weighted by Crippen LogP contribution is 2.55. The Labute approximate surface area is 326 Å². The van der Waals surface area contributed by atoms with Crippen molar-refractivity contribution in [3.05, 3.63) is 96.1 Å². The highest BCUT2D eigenvalue weighted by molar-refractivity contribution is 7.81. The summed E-state index contributed by atoms with van der Waals surface area (Å²) in [5, 5.41) is 9.25. The number of hydrogen-bond donors (Lipinski definition) is 2. The van der Waals surface area contributed by atoms with Crippen LogP contribution < -0.4 is 29.6 Å². The van der Waals surface area contributed by atoms with E-state index in [1.807, 2.05) is 72.8 Å². The zero-order valence-electron chi connectivity index (χ0n) is 31.3. The Morgan fingerprint density at radius 2 is 0.982 bits per heavy atom. The summed E-state index contributed by atoms with van der Waals surface area (Å²) in [6, 6.07) is 25.7. The second-order valence-corrected chi connectivity index (χ2v) is 15.6. The molecule has 292 valence electrons. The first-order valence-electron chi connectivity index (χ1n) is 18.0. The number of halogens is 1. The molecule has 55 heavy (non-hydrogen) atoms. The average Bonchev–Trinajstić information content (AvgIpc) is 3.21. The Balaban J connectivity index is 0.943. The number of piperidine rings is 2. The van der Waals surface area contributed by atoms with Crippen molar-refractivity contribution in [2.45, 2.75) is 37.8 Å². The van der Waals surface area contributed by atoms with Crippen molar-refractivity contribution in [1.29, 1.82) is 0 Å². The van der Waals surface area contributed by atoms with E-state index in [4.69, 9.17) is 39.4 Å². The molecule has 0 unspecified atom stereocenters. The van der Waals surface area contributed by atoms with Crippen LogP contribution in [-0.4, -0.2) is 88.6 Å².